The Morgan fingerprint density at radius 1 is 1.03 bits per heavy atom. The Hall–Kier alpha value is -3.03. The molecule has 7 heteroatoms. The van der Waals surface area contributed by atoms with Crippen LogP contribution in [0, 0.1) is 6.92 Å². The minimum absolute atomic E-state index is 0.0118. The first-order valence-corrected chi connectivity index (χ1v) is 14.7. The number of fused-ring (bicyclic) bond motifs is 1. The van der Waals surface area contributed by atoms with Gasteiger partial charge < -0.3 is 10.2 Å². The third-order valence-corrected chi connectivity index (χ3v) is 9.33. The number of rotatable bonds is 6. The molecule has 1 aliphatic carbocycles. The molecule has 0 atom stereocenters. The van der Waals surface area contributed by atoms with Gasteiger partial charge >= 0.3 is 0 Å². The van der Waals surface area contributed by atoms with E-state index < -0.39 is 0 Å². The maximum Gasteiger partial charge on any atom is 0.252 e. The van der Waals surface area contributed by atoms with Crippen LogP contribution in [-0.4, -0.2) is 45.8 Å². The Bertz CT molecular complexity index is 1370. The van der Waals surface area contributed by atoms with Gasteiger partial charge in [0.15, 0.2) is 5.65 Å². The van der Waals surface area contributed by atoms with Crippen LogP contribution in [0.2, 0.25) is 0 Å². The molecule has 6 nitrogen and oxygen atoms in total. The van der Waals surface area contributed by atoms with Gasteiger partial charge in [-0.3, -0.25) is 4.79 Å². The van der Waals surface area contributed by atoms with Crippen LogP contribution in [0.15, 0.2) is 53.9 Å². The molecule has 1 aliphatic heterocycles. The minimum atomic E-state index is -0.0118. The molecule has 1 saturated carbocycles. The summed E-state index contributed by atoms with van der Waals surface area (Å²) in [7, 11) is 0. The fourth-order valence-corrected chi connectivity index (χ4v) is 7.19. The second-order valence-electron chi connectivity index (χ2n) is 10.8. The highest BCUT2D eigenvalue weighted by Gasteiger charge is 2.42. The van der Waals surface area contributed by atoms with Gasteiger partial charge in [-0.25, -0.2) is 9.67 Å². The largest absolute Gasteiger partial charge is 0.346 e. The predicted molar refractivity (Wildman–Crippen MR) is 150 cm³/mol. The molecule has 0 bridgehead atoms. The van der Waals surface area contributed by atoms with E-state index in [-0.39, 0.29) is 11.4 Å². The van der Waals surface area contributed by atoms with E-state index in [0.717, 1.165) is 39.5 Å². The normalized spacial score (nSPS) is 18.2. The molecule has 4 heterocycles. The lowest BCUT2D eigenvalue weighted by molar-refractivity contribution is -0.957. The number of thiophene rings is 1. The van der Waals surface area contributed by atoms with Crippen LogP contribution in [-0.2, 0) is 0 Å². The molecule has 3 aromatic heterocycles. The van der Waals surface area contributed by atoms with Gasteiger partial charge in [-0.2, -0.15) is 5.10 Å². The number of para-hydroxylation sites is 1. The number of carbonyl (C=O) groups excluding carboxylic acids is 1. The molecule has 2 fully saturated rings. The maximum atomic E-state index is 14.0. The molecular weight excluding hydrogens is 478 g/mol. The van der Waals surface area contributed by atoms with Crippen molar-refractivity contribution in [1.82, 2.24) is 20.1 Å². The standard InChI is InChI=1S/C30H35N5OS/c1-22-27-24(29(36)31-21-30(15-7-3-8-16-30)34-17-9-4-10-18-34)20-25(26-14-11-19-37-26)32-28(27)35(33-22)23-12-5-2-6-13-23/h2,5-6,11-14,19-20H,3-4,7-10,15-18,21H2,1H3,(H,31,36)/p+1. The van der Waals surface area contributed by atoms with Crippen LogP contribution in [0.5, 0.6) is 0 Å². The highest BCUT2D eigenvalue weighted by atomic mass is 32.1. The zero-order valence-electron chi connectivity index (χ0n) is 21.6. The summed E-state index contributed by atoms with van der Waals surface area (Å²) in [6, 6.07) is 16.1. The van der Waals surface area contributed by atoms with Crippen LogP contribution in [0.1, 0.15) is 67.4 Å². The highest BCUT2D eigenvalue weighted by Crippen LogP contribution is 2.31. The van der Waals surface area contributed by atoms with E-state index in [0.29, 0.717) is 5.56 Å². The van der Waals surface area contributed by atoms with E-state index in [1.807, 2.05) is 54.1 Å². The van der Waals surface area contributed by atoms with Crippen molar-refractivity contribution in [3.63, 3.8) is 0 Å². The quantitative estimate of drug-likeness (QED) is 0.382. The first-order chi connectivity index (χ1) is 18.1. The number of nitrogens with zero attached hydrogens (tertiary/aromatic N) is 3. The van der Waals surface area contributed by atoms with Gasteiger partial charge in [-0.1, -0.05) is 30.7 Å². The number of hydrogen-bond acceptors (Lipinski definition) is 4. The molecule has 1 amide bonds. The minimum Gasteiger partial charge on any atom is -0.346 e. The van der Waals surface area contributed by atoms with E-state index in [4.69, 9.17) is 10.1 Å². The summed E-state index contributed by atoms with van der Waals surface area (Å²) in [5.74, 6) is -0.0118. The summed E-state index contributed by atoms with van der Waals surface area (Å²) in [6.45, 7) is 5.19. The molecule has 2 N–H and O–H groups in total. The fourth-order valence-electron chi connectivity index (χ4n) is 6.51. The molecule has 4 aromatic rings. The van der Waals surface area contributed by atoms with Crippen LogP contribution in [0.25, 0.3) is 27.3 Å². The first-order valence-electron chi connectivity index (χ1n) is 13.8. The number of amides is 1. The Morgan fingerprint density at radius 2 is 1.78 bits per heavy atom. The second-order valence-corrected chi connectivity index (χ2v) is 11.7. The second kappa shape index (κ2) is 10.4. The number of likely N-dealkylation sites (tertiary alicyclic amines) is 1. The highest BCUT2D eigenvalue weighted by molar-refractivity contribution is 7.13. The van der Waals surface area contributed by atoms with Crippen LogP contribution >= 0.6 is 11.3 Å². The van der Waals surface area contributed by atoms with Gasteiger partial charge in [0.05, 0.1) is 52.5 Å². The Morgan fingerprint density at radius 3 is 2.51 bits per heavy atom. The van der Waals surface area contributed by atoms with Crippen LogP contribution < -0.4 is 10.2 Å². The van der Waals surface area contributed by atoms with Gasteiger partial charge in [-0.05, 0) is 68.7 Å². The van der Waals surface area contributed by atoms with E-state index in [2.05, 4.69) is 16.8 Å². The third-order valence-electron chi connectivity index (χ3n) is 8.44. The number of pyridine rings is 1. The van der Waals surface area contributed by atoms with Crippen LogP contribution in [0.4, 0.5) is 0 Å². The fraction of sp³-hybridized carbons (Fsp3) is 0.433. The van der Waals surface area contributed by atoms with Crippen molar-refractivity contribution in [2.45, 2.75) is 63.8 Å². The van der Waals surface area contributed by atoms with Crippen molar-refractivity contribution >= 4 is 28.3 Å². The lowest BCUT2D eigenvalue weighted by atomic mass is 9.79. The number of benzene rings is 1. The Kier molecular flexibility index (Phi) is 6.82. The Balaban J connectivity index is 1.38. The summed E-state index contributed by atoms with van der Waals surface area (Å²) in [5, 5.41) is 11.2. The van der Waals surface area contributed by atoms with Gasteiger partial charge in [-0.15, -0.1) is 11.3 Å². The molecule has 1 aromatic carbocycles. The number of aromatic nitrogens is 3. The molecule has 2 aliphatic rings. The molecule has 37 heavy (non-hydrogen) atoms. The number of carbonyl (C=O) groups is 1. The van der Waals surface area contributed by atoms with E-state index in [1.54, 1.807) is 16.2 Å². The van der Waals surface area contributed by atoms with Crippen molar-refractivity contribution in [2.75, 3.05) is 19.6 Å². The lowest BCUT2D eigenvalue weighted by Crippen LogP contribution is -3.22. The van der Waals surface area contributed by atoms with Crippen LogP contribution in [0.3, 0.4) is 0 Å². The lowest BCUT2D eigenvalue weighted by Gasteiger charge is -2.45. The number of hydrogen-bond donors (Lipinski definition) is 2. The van der Waals surface area contributed by atoms with Gasteiger partial charge in [0.25, 0.3) is 5.91 Å². The zero-order valence-corrected chi connectivity index (χ0v) is 22.4. The molecule has 0 unspecified atom stereocenters. The van der Waals surface area contributed by atoms with E-state index in [9.17, 15) is 4.79 Å². The molecular formula is C30H36N5OS+. The molecule has 192 valence electrons. The summed E-state index contributed by atoms with van der Waals surface area (Å²) in [4.78, 5) is 21.8. The van der Waals surface area contributed by atoms with Gasteiger partial charge in [0, 0.05) is 12.8 Å². The maximum absolute atomic E-state index is 14.0. The summed E-state index contributed by atoms with van der Waals surface area (Å²) in [5.41, 5.74) is 4.15. The van der Waals surface area contributed by atoms with Crippen molar-refractivity contribution < 1.29 is 9.69 Å². The SMILES string of the molecule is Cc1nn(-c2ccccc2)c2nc(-c3cccs3)cc(C(=O)NCC3([NH+]4CCCCC4)CCCCC3)c12. The molecule has 1 saturated heterocycles. The average Bonchev–Trinajstić information content (AvgIpc) is 3.61. The monoisotopic (exact) mass is 514 g/mol. The van der Waals surface area contributed by atoms with Crippen molar-refractivity contribution in [3.05, 3.63) is 65.2 Å². The molecule has 0 radical (unpaired) electrons. The Labute approximate surface area is 222 Å². The first kappa shape index (κ1) is 24.3. The number of quaternary nitrogens is 1. The van der Waals surface area contributed by atoms with Crippen molar-refractivity contribution in [1.29, 1.82) is 0 Å². The summed E-state index contributed by atoms with van der Waals surface area (Å²) >= 11 is 1.64. The topological polar surface area (TPSA) is 64.2 Å². The average molecular weight is 515 g/mol. The summed E-state index contributed by atoms with van der Waals surface area (Å²) < 4.78 is 1.87. The smallest absolute Gasteiger partial charge is 0.252 e. The molecule has 0 spiro atoms. The van der Waals surface area contributed by atoms with Gasteiger partial charge in [0.2, 0.25) is 0 Å². The van der Waals surface area contributed by atoms with Gasteiger partial charge in [0.1, 0.15) is 5.54 Å². The van der Waals surface area contributed by atoms with Crippen molar-refractivity contribution in [2.24, 2.45) is 0 Å². The molecule has 6 rings (SSSR count). The number of aryl methyl sites for hydroxylation is 1. The number of nitrogens with one attached hydrogen (secondary N) is 2. The zero-order chi connectivity index (χ0) is 25.2. The number of piperidine rings is 1. The third kappa shape index (κ3) is 4.71. The summed E-state index contributed by atoms with van der Waals surface area (Å²) in [6.07, 6.45) is 10.2. The van der Waals surface area contributed by atoms with E-state index >= 15 is 0 Å². The van der Waals surface area contributed by atoms with Crippen molar-refractivity contribution in [3.8, 4) is 16.3 Å². The van der Waals surface area contributed by atoms with E-state index in [1.165, 1.54) is 64.5 Å². The predicted octanol–water partition coefficient (Wildman–Crippen LogP) is 4.96.